The molecule has 0 unspecified atom stereocenters. The van der Waals surface area contributed by atoms with E-state index in [0.29, 0.717) is 5.95 Å². The second-order valence-corrected chi connectivity index (χ2v) is 4.63. The molecule has 0 radical (unpaired) electrons. The van der Waals surface area contributed by atoms with Crippen LogP contribution in [0.1, 0.15) is 18.1 Å². The summed E-state index contributed by atoms with van der Waals surface area (Å²) in [6.45, 7) is 6.81. The summed E-state index contributed by atoms with van der Waals surface area (Å²) in [6, 6.07) is 5.99. The number of rotatable bonds is 3. The summed E-state index contributed by atoms with van der Waals surface area (Å²) in [6.07, 6.45) is 1.83. The van der Waals surface area contributed by atoms with Crippen molar-refractivity contribution >= 4 is 17.5 Å². The molecular weight excluding hydrogens is 246 g/mol. The van der Waals surface area contributed by atoms with E-state index >= 15 is 0 Å². The molecule has 0 aliphatic heterocycles. The third-order valence-electron chi connectivity index (χ3n) is 2.75. The Kier molecular flexibility index (Phi) is 3.82. The quantitative estimate of drug-likeness (QED) is 0.912. The number of hydrogen-bond acceptors (Lipinski definition) is 3. The number of aryl methyl sites for hydroxylation is 2. The van der Waals surface area contributed by atoms with Gasteiger partial charge in [-0.2, -0.15) is 0 Å². The predicted octanol–water partition coefficient (Wildman–Crippen LogP) is 3.85. The largest absolute Gasteiger partial charge is 0.354 e. The molecular formula is C14H16ClN3. The van der Waals surface area contributed by atoms with Gasteiger partial charge in [0.2, 0.25) is 5.95 Å². The van der Waals surface area contributed by atoms with Gasteiger partial charge in [0, 0.05) is 23.3 Å². The van der Waals surface area contributed by atoms with E-state index in [4.69, 9.17) is 11.6 Å². The first kappa shape index (κ1) is 12.8. The number of anilines is 1. The number of nitrogens with zero attached hydrogens (tertiary/aromatic N) is 2. The molecule has 0 fully saturated rings. The van der Waals surface area contributed by atoms with Crippen molar-refractivity contribution in [3.05, 3.63) is 40.5 Å². The maximum atomic E-state index is 6.16. The molecule has 1 aromatic carbocycles. The van der Waals surface area contributed by atoms with E-state index in [1.54, 1.807) is 0 Å². The Labute approximate surface area is 112 Å². The molecule has 94 valence electrons. The average molecular weight is 262 g/mol. The van der Waals surface area contributed by atoms with Crippen molar-refractivity contribution in [1.29, 1.82) is 0 Å². The smallest absolute Gasteiger partial charge is 0.223 e. The van der Waals surface area contributed by atoms with Crippen LogP contribution in [0.15, 0.2) is 24.4 Å². The van der Waals surface area contributed by atoms with Gasteiger partial charge < -0.3 is 5.32 Å². The highest BCUT2D eigenvalue weighted by Crippen LogP contribution is 2.26. The van der Waals surface area contributed by atoms with Gasteiger partial charge in [-0.15, -0.1) is 0 Å². The normalized spacial score (nSPS) is 10.4. The maximum absolute atomic E-state index is 6.16. The van der Waals surface area contributed by atoms with Crippen molar-refractivity contribution in [3.8, 4) is 11.3 Å². The summed E-state index contributed by atoms with van der Waals surface area (Å²) < 4.78 is 0. The molecule has 18 heavy (non-hydrogen) atoms. The molecule has 0 bridgehead atoms. The lowest BCUT2D eigenvalue weighted by Gasteiger charge is -2.09. The van der Waals surface area contributed by atoms with Gasteiger partial charge in [0.25, 0.3) is 0 Å². The van der Waals surface area contributed by atoms with E-state index in [-0.39, 0.29) is 0 Å². The van der Waals surface area contributed by atoms with Crippen molar-refractivity contribution in [2.75, 3.05) is 11.9 Å². The molecule has 3 nitrogen and oxygen atoms in total. The van der Waals surface area contributed by atoms with Crippen molar-refractivity contribution in [2.24, 2.45) is 0 Å². The average Bonchev–Trinajstić information content (AvgIpc) is 2.35. The first-order chi connectivity index (χ1) is 8.61. The van der Waals surface area contributed by atoms with Crippen LogP contribution in [0.4, 0.5) is 5.95 Å². The molecule has 4 heteroatoms. The van der Waals surface area contributed by atoms with Gasteiger partial charge >= 0.3 is 0 Å². The van der Waals surface area contributed by atoms with Crippen molar-refractivity contribution in [1.82, 2.24) is 9.97 Å². The van der Waals surface area contributed by atoms with E-state index < -0.39 is 0 Å². The van der Waals surface area contributed by atoms with E-state index in [1.165, 1.54) is 0 Å². The van der Waals surface area contributed by atoms with Crippen molar-refractivity contribution < 1.29 is 0 Å². The molecule has 2 aromatic rings. The zero-order chi connectivity index (χ0) is 13.1. The molecule has 0 aliphatic carbocycles. The molecule has 0 aliphatic rings. The molecule has 0 spiro atoms. The summed E-state index contributed by atoms with van der Waals surface area (Å²) in [5, 5.41) is 3.88. The van der Waals surface area contributed by atoms with Gasteiger partial charge in [-0.05, 0) is 38.0 Å². The summed E-state index contributed by atoms with van der Waals surface area (Å²) >= 11 is 6.16. The zero-order valence-corrected chi connectivity index (χ0v) is 11.5. The highest BCUT2D eigenvalue weighted by Gasteiger charge is 2.07. The second kappa shape index (κ2) is 5.36. The molecule has 0 amide bonds. The molecule has 2 rings (SSSR count). The molecule has 1 heterocycles. The van der Waals surface area contributed by atoms with E-state index in [9.17, 15) is 0 Å². The van der Waals surface area contributed by atoms with Crippen LogP contribution in [0.2, 0.25) is 5.02 Å². The van der Waals surface area contributed by atoms with Gasteiger partial charge in [-0.3, -0.25) is 0 Å². The van der Waals surface area contributed by atoms with Gasteiger partial charge in [0.15, 0.2) is 0 Å². The van der Waals surface area contributed by atoms with Crippen LogP contribution in [0.5, 0.6) is 0 Å². The lowest BCUT2D eigenvalue weighted by atomic mass is 10.1. The van der Waals surface area contributed by atoms with E-state index in [1.807, 2.05) is 45.2 Å². The van der Waals surface area contributed by atoms with Crippen molar-refractivity contribution in [2.45, 2.75) is 20.8 Å². The minimum atomic E-state index is 0.648. The van der Waals surface area contributed by atoms with Crippen LogP contribution in [0, 0.1) is 13.8 Å². The number of halogens is 1. The second-order valence-electron chi connectivity index (χ2n) is 4.22. The zero-order valence-electron chi connectivity index (χ0n) is 10.8. The maximum Gasteiger partial charge on any atom is 0.223 e. The highest BCUT2D eigenvalue weighted by molar-refractivity contribution is 6.31. The van der Waals surface area contributed by atoms with Gasteiger partial charge in [0.05, 0.1) is 5.69 Å². The summed E-state index contributed by atoms with van der Waals surface area (Å²) in [5.74, 6) is 0.648. The molecule has 0 saturated heterocycles. The van der Waals surface area contributed by atoms with Crippen LogP contribution in [-0.4, -0.2) is 16.5 Å². The lowest BCUT2D eigenvalue weighted by molar-refractivity contribution is 1.07. The molecule has 1 aromatic heterocycles. The van der Waals surface area contributed by atoms with Gasteiger partial charge in [0.1, 0.15) is 0 Å². The van der Waals surface area contributed by atoms with E-state index in [0.717, 1.165) is 34.0 Å². The van der Waals surface area contributed by atoms with Crippen molar-refractivity contribution in [3.63, 3.8) is 0 Å². The van der Waals surface area contributed by atoms with Crippen LogP contribution in [0.3, 0.4) is 0 Å². The van der Waals surface area contributed by atoms with Gasteiger partial charge in [-0.25, -0.2) is 9.97 Å². The van der Waals surface area contributed by atoms with Crippen LogP contribution in [-0.2, 0) is 0 Å². The number of aromatic nitrogens is 2. The minimum absolute atomic E-state index is 0.648. The van der Waals surface area contributed by atoms with Gasteiger partial charge in [-0.1, -0.05) is 23.7 Å². The number of nitrogens with one attached hydrogen (secondary N) is 1. The summed E-state index contributed by atoms with van der Waals surface area (Å²) in [5.41, 5.74) is 4.04. The Hall–Kier alpha value is -1.61. The first-order valence-electron chi connectivity index (χ1n) is 5.96. The standard InChI is InChI=1S/C14H16ClN3/c1-4-16-14-17-8-10(3)13(18-14)11-6-5-9(2)12(15)7-11/h5-8H,4H2,1-3H3,(H,16,17,18). The fraction of sp³-hybridized carbons (Fsp3) is 0.286. The highest BCUT2D eigenvalue weighted by atomic mass is 35.5. The summed E-state index contributed by atoms with van der Waals surface area (Å²) in [4.78, 5) is 8.76. The third kappa shape index (κ3) is 2.62. The Morgan fingerprint density at radius 3 is 2.67 bits per heavy atom. The Bertz CT molecular complexity index is 567. The Morgan fingerprint density at radius 2 is 2.00 bits per heavy atom. The fourth-order valence-corrected chi connectivity index (χ4v) is 1.90. The van der Waals surface area contributed by atoms with Crippen LogP contribution >= 0.6 is 11.6 Å². The minimum Gasteiger partial charge on any atom is -0.354 e. The predicted molar refractivity (Wildman–Crippen MR) is 76.1 cm³/mol. The monoisotopic (exact) mass is 261 g/mol. The third-order valence-corrected chi connectivity index (χ3v) is 3.16. The first-order valence-corrected chi connectivity index (χ1v) is 6.33. The molecule has 1 N–H and O–H groups in total. The van der Waals surface area contributed by atoms with E-state index in [2.05, 4.69) is 15.3 Å². The lowest BCUT2D eigenvalue weighted by Crippen LogP contribution is -2.03. The Balaban J connectivity index is 2.48. The number of hydrogen-bond donors (Lipinski definition) is 1. The van der Waals surface area contributed by atoms with Crippen LogP contribution < -0.4 is 5.32 Å². The molecule has 0 saturated carbocycles. The summed E-state index contributed by atoms with van der Waals surface area (Å²) in [7, 11) is 0. The SMILES string of the molecule is CCNc1ncc(C)c(-c2ccc(C)c(Cl)c2)n1. The Morgan fingerprint density at radius 1 is 1.22 bits per heavy atom. The fourth-order valence-electron chi connectivity index (χ4n) is 1.72. The van der Waals surface area contributed by atoms with Crippen LogP contribution in [0.25, 0.3) is 11.3 Å². The molecule has 0 atom stereocenters. The number of benzene rings is 1. The topological polar surface area (TPSA) is 37.8 Å².